The molecule has 0 aromatic carbocycles. The fourth-order valence-corrected chi connectivity index (χ4v) is 4.04. The third kappa shape index (κ3) is 10.6. The molecule has 0 aromatic heterocycles. The van der Waals surface area contributed by atoms with Crippen LogP contribution in [0.4, 0.5) is 0 Å². The third-order valence-electron chi connectivity index (χ3n) is 5.38. The Kier molecular flexibility index (Phi) is 11.1. The smallest absolute Gasteiger partial charge is 0.327 e. The fraction of sp³-hybridized carbons (Fsp3) is 0.857. The molecule has 0 bridgehead atoms. The molecule has 1 aliphatic rings. The monoisotopic (exact) mass is 322 g/mol. The molecule has 0 aliphatic heterocycles. The molecule has 1 N–H and O–H groups in total. The van der Waals surface area contributed by atoms with Crippen LogP contribution in [0.2, 0.25) is 0 Å². The normalized spacial score (nSPS) is 21.5. The lowest BCUT2D eigenvalue weighted by atomic mass is 9.87. The van der Waals surface area contributed by atoms with Crippen LogP contribution < -0.4 is 0 Å². The number of carboxylic acids is 1. The maximum Gasteiger partial charge on any atom is 0.327 e. The molecule has 0 spiro atoms. The SMILES string of the molecule is CC(C)CCCCCC[C@H]1CCC[C@@H]1CCCC/C=C/C(=O)O. The van der Waals surface area contributed by atoms with Gasteiger partial charge in [0.15, 0.2) is 0 Å². The van der Waals surface area contributed by atoms with E-state index in [0.717, 1.165) is 30.6 Å². The number of allylic oxidation sites excluding steroid dienone is 1. The molecule has 1 fully saturated rings. The van der Waals surface area contributed by atoms with E-state index in [4.69, 9.17) is 5.11 Å². The summed E-state index contributed by atoms with van der Waals surface area (Å²) < 4.78 is 0. The van der Waals surface area contributed by atoms with Crippen LogP contribution in [0.5, 0.6) is 0 Å². The van der Waals surface area contributed by atoms with Crippen molar-refractivity contribution in [1.82, 2.24) is 0 Å². The number of hydrogen-bond donors (Lipinski definition) is 1. The highest BCUT2D eigenvalue weighted by atomic mass is 16.4. The summed E-state index contributed by atoms with van der Waals surface area (Å²) in [4.78, 5) is 10.4. The summed E-state index contributed by atoms with van der Waals surface area (Å²) in [5.41, 5.74) is 0. The summed E-state index contributed by atoms with van der Waals surface area (Å²) in [6, 6.07) is 0. The van der Waals surface area contributed by atoms with Crippen molar-refractivity contribution in [3.63, 3.8) is 0 Å². The largest absolute Gasteiger partial charge is 0.478 e. The highest BCUT2D eigenvalue weighted by molar-refractivity contribution is 5.79. The van der Waals surface area contributed by atoms with Gasteiger partial charge in [0.2, 0.25) is 0 Å². The number of aliphatic carboxylic acids is 1. The molecule has 0 radical (unpaired) electrons. The number of rotatable bonds is 13. The van der Waals surface area contributed by atoms with Crippen LogP contribution in [0, 0.1) is 17.8 Å². The Morgan fingerprint density at radius 3 is 2.22 bits per heavy atom. The van der Waals surface area contributed by atoms with Gasteiger partial charge in [-0.25, -0.2) is 4.79 Å². The Bertz CT molecular complexity index is 333. The first-order chi connectivity index (χ1) is 11.1. The van der Waals surface area contributed by atoms with Gasteiger partial charge in [-0.15, -0.1) is 0 Å². The summed E-state index contributed by atoms with van der Waals surface area (Å²) in [6.45, 7) is 4.64. The summed E-state index contributed by atoms with van der Waals surface area (Å²) in [6.07, 6.45) is 20.6. The summed E-state index contributed by atoms with van der Waals surface area (Å²) in [5.74, 6) is 1.97. The van der Waals surface area contributed by atoms with Gasteiger partial charge in [0.1, 0.15) is 0 Å². The zero-order chi connectivity index (χ0) is 16.9. The Balaban J connectivity index is 2.03. The highest BCUT2D eigenvalue weighted by Gasteiger charge is 2.25. The Hall–Kier alpha value is -0.790. The Morgan fingerprint density at radius 2 is 1.61 bits per heavy atom. The summed E-state index contributed by atoms with van der Waals surface area (Å²) in [7, 11) is 0. The van der Waals surface area contributed by atoms with E-state index in [9.17, 15) is 4.79 Å². The summed E-state index contributed by atoms with van der Waals surface area (Å²) >= 11 is 0. The molecule has 2 heteroatoms. The highest BCUT2D eigenvalue weighted by Crippen LogP contribution is 2.38. The number of hydrogen-bond acceptors (Lipinski definition) is 1. The van der Waals surface area contributed by atoms with Crippen LogP contribution in [0.3, 0.4) is 0 Å². The van der Waals surface area contributed by atoms with E-state index in [0.29, 0.717) is 0 Å². The second-order valence-electron chi connectivity index (χ2n) is 7.86. The van der Waals surface area contributed by atoms with Gasteiger partial charge in [-0.05, 0) is 30.6 Å². The Morgan fingerprint density at radius 1 is 1.00 bits per heavy atom. The molecule has 0 heterocycles. The molecular formula is C21H38O2. The molecule has 1 aliphatic carbocycles. The Labute approximate surface area is 143 Å². The number of carboxylic acid groups (broad SMARTS) is 1. The molecule has 0 unspecified atom stereocenters. The molecular weight excluding hydrogens is 284 g/mol. The average molecular weight is 323 g/mol. The zero-order valence-corrected chi connectivity index (χ0v) is 15.4. The first-order valence-corrected chi connectivity index (χ1v) is 9.99. The van der Waals surface area contributed by atoms with Crippen LogP contribution in [-0.4, -0.2) is 11.1 Å². The second kappa shape index (κ2) is 12.6. The van der Waals surface area contributed by atoms with E-state index in [-0.39, 0.29) is 0 Å². The van der Waals surface area contributed by atoms with Crippen LogP contribution in [0.15, 0.2) is 12.2 Å². The fourth-order valence-electron chi connectivity index (χ4n) is 4.04. The van der Waals surface area contributed by atoms with Gasteiger partial charge in [0, 0.05) is 6.08 Å². The van der Waals surface area contributed by atoms with Crippen molar-refractivity contribution in [3.8, 4) is 0 Å². The minimum atomic E-state index is -0.825. The standard InChI is InChI=1S/C21H38O2/c1-18(2)12-7-3-4-8-13-19-15-11-16-20(19)14-9-5-6-10-17-21(22)23/h10,17-20H,3-9,11-16H2,1-2H3,(H,22,23)/b17-10+/t19-,20-/m0/s1. The molecule has 1 rings (SSSR count). The number of carbonyl (C=O) groups is 1. The number of unbranched alkanes of at least 4 members (excludes halogenated alkanes) is 5. The van der Waals surface area contributed by atoms with Crippen molar-refractivity contribution in [2.24, 2.45) is 17.8 Å². The third-order valence-corrected chi connectivity index (χ3v) is 5.38. The molecule has 134 valence electrons. The van der Waals surface area contributed by atoms with Crippen molar-refractivity contribution < 1.29 is 9.90 Å². The molecule has 2 atom stereocenters. The van der Waals surface area contributed by atoms with Crippen LogP contribution in [0.1, 0.15) is 97.3 Å². The van der Waals surface area contributed by atoms with Gasteiger partial charge in [-0.1, -0.05) is 90.6 Å². The maximum absolute atomic E-state index is 10.4. The van der Waals surface area contributed by atoms with Gasteiger partial charge in [0.25, 0.3) is 0 Å². The zero-order valence-electron chi connectivity index (χ0n) is 15.4. The first-order valence-electron chi connectivity index (χ1n) is 9.99. The predicted octanol–water partition coefficient (Wildman–Crippen LogP) is 6.60. The van der Waals surface area contributed by atoms with Crippen molar-refractivity contribution in [3.05, 3.63) is 12.2 Å². The van der Waals surface area contributed by atoms with Crippen molar-refractivity contribution in [2.45, 2.75) is 97.3 Å². The second-order valence-corrected chi connectivity index (χ2v) is 7.86. The van der Waals surface area contributed by atoms with Gasteiger partial charge < -0.3 is 5.11 Å². The van der Waals surface area contributed by atoms with E-state index in [1.54, 1.807) is 6.08 Å². The van der Waals surface area contributed by atoms with Gasteiger partial charge in [0.05, 0.1) is 0 Å². The molecule has 0 amide bonds. The van der Waals surface area contributed by atoms with Gasteiger partial charge in [-0.2, -0.15) is 0 Å². The van der Waals surface area contributed by atoms with Gasteiger partial charge >= 0.3 is 5.97 Å². The van der Waals surface area contributed by atoms with E-state index in [2.05, 4.69) is 13.8 Å². The van der Waals surface area contributed by atoms with E-state index >= 15 is 0 Å². The topological polar surface area (TPSA) is 37.3 Å². The molecule has 1 saturated carbocycles. The van der Waals surface area contributed by atoms with Crippen molar-refractivity contribution in [2.75, 3.05) is 0 Å². The predicted molar refractivity (Wildman–Crippen MR) is 98.6 cm³/mol. The van der Waals surface area contributed by atoms with E-state index < -0.39 is 5.97 Å². The summed E-state index contributed by atoms with van der Waals surface area (Å²) in [5, 5.41) is 8.55. The van der Waals surface area contributed by atoms with Crippen molar-refractivity contribution >= 4 is 5.97 Å². The van der Waals surface area contributed by atoms with E-state index in [1.807, 2.05) is 0 Å². The molecule has 0 saturated heterocycles. The molecule has 0 aromatic rings. The van der Waals surface area contributed by atoms with Crippen LogP contribution >= 0.6 is 0 Å². The lowest BCUT2D eigenvalue weighted by Gasteiger charge is -2.19. The van der Waals surface area contributed by atoms with E-state index in [1.165, 1.54) is 76.7 Å². The quantitative estimate of drug-likeness (QED) is 0.306. The first kappa shape index (κ1) is 20.3. The van der Waals surface area contributed by atoms with Crippen molar-refractivity contribution in [1.29, 1.82) is 0 Å². The lowest BCUT2D eigenvalue weighted by Crippen LogP contribution is -2.08. The molecule has 23 heavy (non-hydrogen) atoms. The van der Waals surface area contributed by atoms with Gasteiger partial charge in [-0.3, -0.25) is 0 Å². The maximum atomic E-state index is 10.4. The molecule has 2 nitrogen and oxygen atoms in total. The minimum Gasteiger partial charge on any atom is -0.478 e. The minimum absolute atomic E-state index is 0.825. The van der Waals surface area contributed by atoms with Crippen LogP contribution in [-0.2, 0) is 4.79 Å². The van der Waals surface area contributed by atoms with Crippen LogP contribution in [0.25, 0.3) is 0 Å². The lowest BCUT2D eigenvalue weighted by molar-refractivity contribution is -0.131. The average Bonchev–Trinajstić information content (AvgIpc) is 2.93.